The van der Waals surface area contributed by atoms with Crippen LogP contribution in [0.5, 0.6) is 11.5 Å². The number of carbonyl (C=O) groups excluding carboxylic acids is 1. The van der Waals surface area contributed by atoms with Crippen LogP contribution >= 0.6 is 11.6 Å². The molecule has 1 amide bonds. The number of aromatic amines is 1. The molecule has 0 spiro atoms. The maximum atomic E-state index is 13.7. The van der Waals surface area contributed by atoms with E-state index in [1.165, 1.54) is 6.42 Å². The fraction of sp³-hybridized carbons (Fsp3) is 0.407. The minimum Gasteiger partial charge on any atom is -0.490 e. The van der Waals surface area contributed by atoms with Crippen LogP contribution in [-0.2, 0) is 0 Å². The lowest BCUT2D eigenvalue weighted by molar-refractivity contribution is 0.0606. The average Bonchev–Trinajstić information content (AvgIpc) is 3.40. The molecule has 2 aromatic carbocycles. The van der Waals surface area contributed by atoms with Crippen LogP contribution in [0.1, 0.15) is 73.6 Å². The Kier molecular flexibility index (Phi) is 6.50. The second-order valence-corrected chi connectivity index (χ2v) is 9.28. The number of H-pyrrole nitrogens is 1. The van der Waals surface area contributed by atoms with Gasteiger partial charge < -0.3 is 14.4 Å². The van der Waals surface area contributed by atoms with Crippen LogP contribution in [0, 0.1) is 0 Å². The van der Waals surface area contributed by atoms with Crippen molar-refractivity contribution in [3.8, 4) is 22.8 Å². The summed E-state index contributed by atoms with van der Waals surface area (Å²) in [6, 6.07) is 13.6. The zero-order valence-corrected chi connectivity index (χ0v) is 20.4. The third kappa shape index (κ3) is 4.05. The molecule has 7 heteroatoms. The van der Waals surface area contributed by atoms with Crippen molar-refractivity contribution in [3.63, 3.8) is 0 Å². The van der Waals surface area contributed by atoms with Crippen LogP contribution in [0.25, 0.3) is 11.3 Å². The lowest BCUT2D eigenvalue weighted by Crippen LogP contribution is -2.40. The standard InChI is InChI=1S/C27H30ClN3O3/c1-3-33-21-15-12-18(16-22(21)34-4-2)26-23-24(17-10-13-19(28)14-11-17)29-30-25(23)27(32)31(26)20-8-6-5-7-9-20/h10-16,20,26H,3-9H2,1-2H3,(H,29,30). The van der Waals surface area contributed by atoms with Crippen LogP contribution in [0.15, 0.2) is 42.5 Å². The molecule has 2 aliphatic rings. The highest BCUT2D eigenvalue weighted by molar-refractivity contribution is 6.30. The Morgan fingerprint density at radius 3 is 2.41 bits per heavy atom. The Morgan fingerprint density at radius 2 is 1.71 bits per heavy atom. The number of fused-ring (bicyclic) bond motifs is 1. The molecular formula is C27H30ClN3O3. The van der Waals surface area contributed by atoms with E-state index in [1.54, 1.807) is 0 Å². The van der Waals surface area contributed by atoms with E-state index in [1.807, 2.05) is 50.2 Å². The molecule has 1 saturated carbocycles. The predicted octanol–water partition coefficient (Wildman–Crippen LogP) is 6.41. The number of benzene rings is 2. The summed E-state index contributed by atoms with van der Waals surface area (Å²) in [7, 11) is 0. The number of rotatable bonds is 7. The Bertz CT molecular complexity index is 1170. The topological polar surface area (TPSA) is 67.5 Å². The molecule has 2 heterocycles. The molecule has 0 saturated heterocycles. The fourth-order valence-electron chi connectivity index (χ4n) is 5.29. The van der Waals surface area contributed by atoms with Crippen molar-refractivity contribution in [2.45, 2.75) is 58.0 Å². The largest absolute Gasteiger partial charge is 0.490 e. The summed E-state index contributed by atoms with van der Waals surface area (Å²) in [5.74, 6) is 1.43. The van der Waals surface area contributed by atoms with Crippen LogP contribution in [0.3, 0.4) is 0 Å². The number of amides is 1. The Labute approximate surface area is 205 Å². The van der Waals surface area contributed by atoms with E-state index in [0.29, 0.717) is 35.4 Å². The first kappa shape index (κ1) is 22.8. The summed E-state index contributed by atoms with van der Waals surface area (Å²) in [4.78, 5) is 15.8. The first-order chi connectivity index (χ1) is 16.6. The summed E-state index contributed by atoms with van der Waals surface area (Å²) in [6.07, 6.45) is 5.55. The van der Waals surface area contributed by atoms with Gasteiger partial charge in [0, 0.05) is 22.2 Å². The molecule has 178 valence electrons. The average molecular weight is 480 g/mol. The molecule has 6 nitrogen and oxygen atoms in total. The van der Waals surface area contributed by atoms with Gasteiger partial charge in [-0.15, -0.1) is 0 Å². The molecule has 1 aliphatic carbocycles. The molecule has 34 heavy (non-hydrogen) atoms. The van der Waals surface area contributed by atoms with E-state index in [4.69, 9.17) is 21.1 Å². The first-order valence-corrected chi connectivity index (χ1v) is 12.6. The van der Waals surface area contributed by atoms with Crippen molar-refractivity contribution in [3.05, 3.63) is 64.3 Å². The van der Waals surface area contributed by atoms with Gasteiger partial charge in [-0.3, -0.25) is 9.89 Å². The van der Waals surface area contributed by atoms with Gasteiger partial charge in [-0.1, -0.05) is 49.1 Å². The maximum Gasteiger partial charge on any atom is 0.273 e. The van der Waals surface area contributed by atoms with E-state index < -0.39 is 0 Å². The molecule has 0 radical (unpaired) electrons. The van der Waals surface area contributed by atoms with Gasteiger partial charge in [-0.2, -0.15) is 5.10 Å². The van der Waals surface area contributed by atoms with Gasteiger partial charge in [0.15, 0.2) is 11.5 Å². The lowest BCUT2D eigenvalue weighted by atomic mass is 9.91. The van der Waals surface area contributed by atoms with Crippen LogP contribution in [0.4, 0.5) is 0 Å². The quantitative estimate of drug-likeness (QED) is 0.425. The maximum absolute atomic E-state index is 13.7. The number of halogens is 1. The minimum absolute atomic E-state index is 0.0199. The number of carbonyl (C=O) groups is 1. The number of ether oxygens (including phenoxy) is 2. The van der Waals surface area contributed by atoms with Gasteiger partial charge in [0.2, 0.25) is 0 Å². The Hall–Kier alpha value is -2.99. The highest BCUT2D eigenvalue weighted by atomic mass is 35.5. The molecule has 1 aliphatic heterocycles. The number of nitrogens with zero attached hydrogens (tertiary/aromatic N) is 2. The van der Waals surface area contributed by atoms with Crippen LogP contribution < -0.4 is 9.47 Å². The molecule has 5 rings (SSSR count). The highest BCUT2D eigenvalue weighted by Crippen LogP contribution is 2.47. The van der Waals surface area contributed by atoms with Crippen molar-refractivity contribution in [1.82, 2.24) is 15.1 Å². The van der Waals surface area contributed by atoms with E-state index in [2.05, 4.69) is 21.2 Å². The van der Waals surface area contributed by atoms with Crippen molar-refractivity contribution < 1.29 is 14.3 Å². The SMILES string of the molecule is CCOc1ccc(C2c3c(-c4ccc(Cl)cc4)n[nH]c3C(=O)N2C2CCCCC2)cc1OCC. The number of hydrogen-bond donors (Lipinski definition) is 1. The van der Waals surface area contributed by atoms with E-state index in [-0.39, 0.29) is 18.0 Å². The molecule has 1 aromatic heterocycles. The van der Waals surface area contributed by atoms with Gasteiger partial charge in [-0.05, 0) is 56.5 Å². The predicted molar refractivity (Wildman–Crippen MR) is 133 cm³/mol. The Balaban J connectivity index is 1.65. The second-order valence-electron chi connectivity index (χ2n) is 8.85. The van der Waals surface area contributed by atoms with Crippen molar-refractivity contribution in [2.24, 2.45) is 0 Å². The molecule has 3 aromatic rings. The second kappa shape index (κ2) is 9.71. The van der Waals surface area contributed by atoms with Gasteiger partial charge in [-0.25, -0.2) is 0 Å². The summed E-state index contributed by atoms with van der Waals surface area (Å²) < 4.78 is 11.7. The first-order valence-electron chi connectivity index (χ1n) is 12.2. The molecular weight excluding hydrogens is 450 g/mol. The number of aromatic nitrogens is 2. The van der Waals surface area contributed by atoms with Gasteiger partial charge in [0.1, 0.15) is 5.69 Å². The highest BCUT2D eigenvalue weighted by Gasteiger charge is 2.45. The minimum atomic E-state index is -0.245. The summed E-state index contributed by atoms with van der Waals surface area (Å²) in [5, 5.41) is 8.30. The molecule has 1 atom stereocenters. The molecule has 1 unspecified atom stereocenters. The molecule has 1 fully saturated rings. The fourth-order valence-corrected chi connectivity index (χ4v) is 5.42. The third-order valence-electron chi connectivity index (χ3n) is 6.77. The Morgan fingerprint density at radius 1 is 1.00 bits per heavy atom. The zero-order chi connectivity index (χ0) is 23.7. The number of nitrogens with one attached hydrogen (secondary N) is 1. The third-order valence-corrected chi connectivity index (χ3v) is 7.02. The monoisotopic (exact) mass is 479 g/mol. The summed E-state index contributed by atoms with van der Waals surface area (Å²) in [5.41, 5.74) is 4.22. The number of hydrogen-bond acceptors (Lipinski definition) is 4. The summed E-state index contributed by atoms with van der Waals surface area (Å²) in [6.45, 7) is 5.01. The van der Waals surface area contributed by atoms with E-state index in [0.717, 1.165) is 48.1 Å². The van der Waals surface area contributed by atoms with Crippen LogP contribution in [0.2, 0.25) is 5.02 Å². The van der Waals surface area contributed by atoms with E-state index >= 15 is 0 Å². The van der Waals surface area contributed by atoms with Crippen molar-refractivity contribution >= 4 is 17.5 Å². The zero-order valence-electron chi connectivity index (χ0n) is 19.6. The van der Waals surface area contributed by atoms with Gasteiger partial charge >= 0.3 is 0 Å². The normalized spacial score (nSPS) is 18.3. The van der Waals surface area contributed by atoms with Crippen LogP contribution in [-0.4, -0.2) is 40.3 Å². The summed E-state index contributed by atoms with van der Waals surface area (Å²) >= 11 is 6.13. The van der Waals surface area contributed by atoms with Crippen molar-refractivity contribution in [1.29, 1.82) is 0 Å². The van der Waals surface area contributed by atoms with Gasteiger partial charge in [0.25, 0.3) is 5.91 Å². The molecule has 1 N–H and O–H groups in total. The smallest absolute Gasteiger partial charge is 0.273 e. The van der Waals surface area contributed by atoms with Crippen molar-refractivity contribution in [2.75, 3.05) is 13.2 Å². The molecule has 0 bridgehead atoms. The van der Waals surface area contributed by atoms with E-state index in [9.17, 15) is 4.79 Å². The van der Waals surface area contributed by atoms with Gasteiger partial charge in [0.05, 0.1) is 24.9 Å². The lowest BCUT2D eigenvalue weighted by Gasteiger charge is -2.36.